The summed E-state index contributed by atoms with van der Waals surface area (Å²) in [5.74, 6) is -0.149. The van der Waals surface area contributed by atoms with Crippen molar-refractivity contribution in [3.63, 3.8) is 0 Å². The first kappa shape index (κ1) is 9.30. The van der Waals surface area contributed by atoms with Gasteiger partial charge in [-0.15, -0.1) is 0 Å². The Labute approximate surface area is 73.6 Å². The standard InChI is InChI=1S/C10H16O2/c1-9(11)12-10-7-5-3-2-4-6-8-10/h2-3,10H,4-8H2,1H3/b3-2+/t10-/m1/s1. The maximum atomic E-state index is 10.7. The average molecular weight is 168 g/mol. The number of allylic oxidation sites excluding steroid dienone is 2. The molecule has 0 radical (unpaired) electrons. The maximum absolute atomic E-state index is 10.7. The molecule has 0 aromatic heterocycles. The van der Waals surface area contributed by atoms with Crippen LogP contribution in [0.1, 0.15) is 39.0 Å². The predicted octanol–water partition coefficient (Wildman–Crippen LogP) is 2.44. The van der Waals surface area contributed by atoms with Crippen molar-refractivity contribution >= 4 is 5.97 Å². The van der Waals surface area contributed by atoms with Crippen LogP contribution in [-0.2, 0) is 9.53 Å². The molecular formula is C10H16O2. The molecule has 12 heavy (non-hydrogen) atoms. The van der Waals surface area contributed by atoms with E-state index in [2.05, 4.69) is 12.2 Å². The third-order valence-corrected chi connectivity index (χ3v) is 2.05. The van der Waals surface area contributed by atoms with Crippen LogP contribution in [0.15, 0.2) is 12.2 Å². The molecule has 1 atom stereocenters. The van der Waals surface area contributed by atoms with Gasteiger partial charge in [-0.25, -0.2) is 0 Å². The molecule has 0 amide bonds. The van der Waals surface area contributed by atoms with Gasteiger partial charge >= 0.3 is 5.97 Å². The average Bonchev–Trinajstić information content (AvgIpc) is 1.93. The lowest BCUT2D eigenvalue weighted by Gasteiger charge is -2.16. The summed E-state index contributed by atoms with van der Waals surface area (Å²) in [6, 6.07) is 0. The zero-order chi connectivity index (χ0) is 8.81. The van der Waals surface area contributed by atoms with Gasteiger partial charge in [0, 0.05) is 6.92 Å². The van der Waals surface area contributed by atoms with Crippen LogP contribution in [0.5, 0.6) is 0 Å². The molecule has 0 aliphatic heterocycles. The molecule has 0 heterocycles. The smallest absolute Gasteiger partial charge is 0.302 e. The monoisotopic (exact) mass is 168 g/mol. The number of hydrogen-bond acceptors (Lipinski definition) is 2. The van der Waals surface area contributed by atoms with Crippen LogP contribution < -0.4 is 0 Å². The van der Waals surface area contributed by atoms with Crippen molar-refractivity contribution in [1.29, 1.82) is 0 Å². The maximum Gasteiger partial charge on any atom is 0.302 e. The SMILES string of the molecule is CC(=O)O[C@@H]1CC/C=C/CCC1. The van der Waals surface area contributed by atoms with E-state index < -0.39 is 0 Å². The van der Waals surface area contributed by atoms with Crippen LogP contribution in [0.2, 0.25) is 0 Å². The summed E-state index contributed by atoms with van der Waals surface area (Å²) in [7, 11) is 0. The van der Waals surface area contributed by atoms with Crippen LogP contribution in [-0.4, -0.2) is 12.1 Å². The molecule has 0 bridgehead atoms. The van der Waals surface area contributed by atoms with E-state index in [-0.39, 0.29) is 12.1 Å². The molecule has 2 nitrogen and oxygen atoms in total. The predicted molar refractivity (Wildman–Crippen MR) is 47.8 cm³/mol. The second kappa shape index (κ2) is 4.96. The second-order valence-electron chi connectivity index (χ2n) is 3.21. The molecule has 0 spiro atoms. The Morgan fingerprint density at radius 2 is 2.08 bits per heavy atom. The van der Waals surface area contributed by atoms with Gasteiger partial charge in [0.1, 0.15) is 6.10 Å². The Kier molecular flexibility index (Phi) is 3.85. The van der Waals surface area contributed by atoms with Crippen molar-refractivity contribution in [1.82, 2.24) is 0 Å². The van der Waals surface area contributed by atoms with E-state index in [0.29, 0.717) is 0 Å². The molecule has 1 rings (SSSR count). The molecule has 1 aliphatic rings. The van der Waals surface area contributed by atoms with Gasteiger partial charge in [-0.2, -0.15) is 0 Å². The third-order valence-electron chi connectivity index (χ3n) is 2.05. The van der Waals surface area contributed by atoms with Gasteiger partial charge in [-0.3, -0.25) is 4.79 Å². The van der Waals surface area contributed by atoms with E-state index in [0.717, 1.165) is 32.1 Å². The summed E-state index contributed by atoms with van der Waals surface area (Å²) in [4.78, 5) is 10.7. The molecule has 0 aromatic rings. The lowest BCUT2D eigenvalue weighted by Crippen LogP contribution is -2.16. The largest absolute Gasteiger partial charge is 0.463 e. The lowest BCUT2D eigenvalue weighted by atomic mass is 10.0. The number of ether oxygens (including phenoxy) is 1. The Morgan fingerprint density at radius 1 is 1.33 bits per heavy atom. The van der Waals surface area contributed by atoms with E-state index in [4.69, 9.17) is 4.74 Å². The normalized spacial score (nSPS) is 26.9. The van der Waals surface area contributed by atoms with Crippen LogP contribution in [0, 0.1) is 0 Å². The Bertz CT molecular complexity index is 173. The first-order valence-electron chi connectivity index (χ1n) is 4.61. The minimum Gasteiger partial charge on any atom is -0.463 e. The van der Waals surface area contributed by atoms with Crippen LogP contribution >= 0.6 is 0 Å². The van der Waals surface area contributed by atoms with Crippen molar-refractivity contribution in [3.8, 4) is 0 Å². The molecule has 0 unspecified atom stereocenters. The van der Waals surface area contributed by atoms with E-state index in [1.807, 2.05) is 0 Å². The summed E-state index contributed by atoms with van der Waals surface area (Å²) in [5, 5.41) is 0. The van der Waals surface area contributed by atoms with E-state index in [9.17, 15) is 4.79 Å². The Morgan fingerprint density at radius 3 is 2.83 bits per heavy atom. The Hall–Kier alpha value is -0.790. The molecule has 1 aliphatic carbocycles. The van der Waals surface area contributed by atoms with E-state index in [1.165, 1.54) is 6.92 Å². The fourth-order valence-corrected chi connectivity index (χ4v) is 1.48. The van der Waals surface area contributed by atoms with Gasteiger partial charge in [0.15, 0.2) is 0 Å². The number of esters is 1. The first-order valence-corrected chi connectivity index (χ1v) is 4.61. The minimum atomic E-state index is -0.149. The van der Waals surface area contributed by atoms with Crippen LogP contribution in [0.4, 0.5) is 0 Å². The minimum absolute atomic E-state index is 0.149. The summed E-state index contributed by atoms with van der Waals surface area (Å²) >= 11 is 0. The fraction of sp³-hybridized carbons (Fsp3) is 0.700. The third kappa shape index (κ3) is 3.56. The van der Waals surface area contributed by atoms with E-state index in [1.54, 1.807) is 0 Å². The number of carbonyl (C=O) groups is 1. The van der Waals surface area contributed by atoms with Crippen molar-refractivity contribution in [3.05, 3.63) is 12.2 Å². The van der Waals surface area contributed by atoms with Crippen LogP contribution in [0.3, 0.4) is 0 Å². The van der Waals surface area contributed by atoms with Crippen molar-refractivity contribution in [2.24, 2.45) is 0 Å². The topological polar surface area (TPSA) is 26.3 Å². The molecule has 0 aromatic carbocycles. The highest BCUT2D eigenvalue weighted by Crippen LogP contribution is 2.15. The molecule has 0 saturated carbocycles. The zero-order valence-electron chi connectivity index (χ0n) is 7.58. The van der Waals surface area contributed by atoms with Crippen molar-refractivity contribution in [2.45, 2.75) is 45.1 Å². The number of rotatable bonds is 1. The fourth-order valence-electron chi connectivity index (χ4n) is 1.48. The first-order chi connectivity index (χ1) is 5.79. The van der Waals surface area contributed by atoms with Gasteiger partial charge in [-0.1, -0.05) is 12.2 Å². The highest BCUT2D eigenvalue weighted by atomic mass is 16.5. The summed E-state index contributed by atoms with van der Waals surface area (Å²) < 4.78 is 5.15. The highest BCUT2D eigenvalue weighted by molar-refractivity contribution is 5.66. The number of hydrogen-bond donors (Lipinski definition) is 0. The summed E-state index contributed by atoms with van der Waals surface area (Å²) in [6.07, 6.45) is 9.84. The highest BCUT2D eigenvalue weighted by Gasteiger charge is 2.11. The lowest BCUT2D eigenvalue weighted by molar-refractivity contribution is -0.147. The van der Waals surface area contributed by atoms with Gasteiger partial charge < -0.3 is 4.74 Å². The van der Waals surface area contributed by atoms with Crippen molar-refractivity contribution < 1.29 is 9.53 Å². The molecule has 2 heteroatoms. The van der Waals surface area contributed by atoms with Gasteiger partial charge in [0.25, 0.3) is 0 Å². The quantitative estimate of drug-likeness (QED) is 0.444. The van der Waals surface area contributed by atoms with Crippen molar-refractivity contribution in [2.75, 3.05) is 0 Å². The molecule has 0 N–H and O–H groups in total. The van der Waals surface area contributed by atoms with Gasteiger partial charge in [0.05, 0.1) is 0 Å². The van der Waals surface area contributed by atoms with Crippen LogP contribution in [0.25, 0.3) is 0 Å². The molecule has 68 valence electrons. The molecular weight excluding hydrogens is 152 g/mol. The number of carbonyl (C=O) groups excluding carboxylic acids is 1. The molecule has 0 saturated heterocycles. The Balaban J connectivity index is 2.32. The zero-order valence-corrected chi connectivity index (χ0v) is 7.58. The van der Waals surface area contributed by atoms with Gasteiger partial charge in [0.2, 0.25) is 0 Å². The second-order valence-corrected chi connectivity index (χ2v) is 3.21. The summed E-state index contributed by atoms with van der Waals surface area (Å²) in [6.45, 7) is 1.48. The summed E-state index contributed by atoms with van der Waals surface area (Å²) in [5.41, 5.74) is 0. The van der Waals surface area contributed by atoms with Gasteiger partial charge in [-0.05, 0) is 32.1 Å². The van der Waals surface area contributed by atoms with E-state index >= 15 is 0 Å². The molecule has 0 fully saturated rings.